The average molecular weight is 289 g/mol. The molecule has 110 valence electrons. The Bertz CT molecular complexity index is 787. The first-order valence-corrected chi connectivity index (χ1v) is 6.79. The SMILES string of the molecule is O=C(NC[C@@H]1CCCO1)c1ccc2[nH]c(=O)c(=O)[nH]c2c1. The number of benzene rings is 1. The molecule has 7 nitrogen and oxygen atoms in total. The maximum absolute atomic E-state index is 12.1. The van der Waals surface area contributed by atoms with E-state index in [2.05, 4.69) is 15.3 Å². The summed E-state index contributed by atoms with van der Waals surface area (Å²) in [6.07, 6.45) is 2.04. The molecule has 2 aromatic rings. The molecule has 1 aromatic heterocycles. The molecule has 1 saturated heterocycles. The molecule has 1 aromatic carbocycles. The van der Waals surface area contributed by atoms with E-state index in [1.165, 1.54) is 6.07 Å². The molecule has 21 heavy (non-hydrogen) atoms. The lowest BCUT2D eigenvalue weighted by atomic mass is 10.1. The van der Waals surface area contributed by atoms with Crippen LogP contribution in [0.15, 0.2) is 27.8 Å². The zero-order valence-electron chi connectivity index (χ0n) is 11.3. The van der Waals surface area contributed by atoms with Crippen LogP contribution in [0.1, 0.15) is 23.2 Å². The van der Waals surface area contributed by atoms with Crippen molar-refractivity contribution in [1.82, 2.24) is 15.3 Å². The largest absolute Gasteiger partial charge is 0.376 e. The molecule has 2 heterocycles. The van der Waals surface area contributed by atoms with E-state index < -0.39 is 11.1 Å². The van der Waals surface area contributed by atoms with E-state index in [1.807, 2.05) is 0 Å². The van der Waals surface area contributed by atoms with Crippen LogP contribution in [-0.2, 0) is 4.74 Å². The fourth-order valence-corrected chi connectivity index (χ4v) is 2.37. The number of aromatic amines is 2. The Morgan fingerprint density at radius 3 is 2.71 bits per heavy atom. The third kappa shape index (κ3) is 2.87. The highest BCUT2D eigenvalue weighted by molar-refractivity contribution is 5.97. The van der Waals surface area contributed by atoms with Crippen molar-refractivity contribution in [1.29, 1.82) is 0 Å². The lowest BCUT2D eigenvalue weighted by Gasteiger charge is -2.11. The van der Waals surface area contributed by atoms with E-state index in [4.69, 9.17) is 4.74 Å². The van der Waals surface area contributed by atoms with Crippen LogP contribution in [0.4, 0.5) is 0 Å². The van der Waals surface area contributed by atoms with Gasteiger partial charge < -0.3 is 20.0 Å². The summed E-state index contributed by atoms with van der Waals surface area (Å²) in [7, 11) is 0. The molecule has 3 N–H and O–H groups in total. The number of H-pyrrole nitrogens is 2. The Balaban J connectivity index is 1.79. The number of ether oxygens (including phenoxy) is 1. The molecular weight excluding hydrogens is 274 g/mol. The molecule has 0 spiro atoms. The Hall–Kier alpha value is -2.41. The number of nitrogens with one attached hydrogen (secondary N) is 3. The molecular formula is C14H15N3O4. The van der Waals surface area contributed by atoms with Gasteiger partial charge in [-0.05, 0) is 31.0 Å². The van der Waals surface area contributed by atoms with Crippen LogP contribution in [0, 0.1) is 0 Å². The summed E-state index contributed by atoms with van der Waals surface area (Å²) in [5.41, 5.74) is -0.125. The van der Waals surface area contributed by atoms with Gasteiger partial charge in [-0.15, -0.1) is 0 Å². The van der Waals surface area contributed by atoms with Gasteiger partial charge >= 0.3 is 11.1 Å². The summed E-state index contributed by atoms with van der Waals surface area (Å²) < 4.78 is 5.44. The minimum Gasteiger partial charge on any atom is -0.376 e. The Kier molecular flexibility index (Phi) is 3.57. The second kappa shape index (κ2) is 5.53. The molecule has 1 fully saturated rings. The van der Waals surface area contributed by atoms with Gasteiger partial charge in [-0.25, -0.2) is 0 Å². The summed E-state index contributed by atoms with van der Waals surface area (Å²) in [4.78, 5) is 39.5. The minimum atomic E-state index is -0.737. The zero-order valence-corrected chi connectivity index (χ0v) is 11.3. The van der Waals surface area contributed by atoms with Gasteiger partial charge in [0.15, 0.2) is 0 Å². The summed E-state index contributed by atoms with van der Waals surface area (Å²) >= 11 is 0. The molecule has 3 rings (SSSR count). The van der Waals surface area contributed by atoms with Crippen molar-refractivity contribution >= 4 is 16.9 Å². The second-order valence-corrected chi connectivity index (χ2v) is 5.01. The van der Waals surface area contributed by atoms with Crippen molar-refractivity contribution in [2.45, 2.75) is 18.9 Å². The number of rotatable bonds is 3. The number of aromatic nitrogens is 2. The molecule has 0 saturated carbocycles. The highest BCUT2D eigenvalue weighted by Crippen LogP contribution is 2.12. The number of fused-ring (bicyclic) bond motifs is 1. The van der Waals surface area contributed by atoms with Gasteiger partial charge in [0.25, 0.3) is 5.91 Å². The fourth-order valence-electron chi connectivity index (χ4n) is 2.37. The Labute approximate surface area is 119 Å². The molecule has 1 amide bonds. The van der Waals surface area contributed by atoms with Gasteiger partial charge in [-0.1, -0.05) is 0 Å². The molecule has 0 radical (unpaired) electrons. The van der Waals surface area contributed by atoms with E-state index in [1.54, 1.807) is 12.1 Å². The van der Waals surface area contributed by atoms with Crippen LogP contribution in [-0.4, -0.2) is 35.1 Å². The predicted octanol–water partition coefficient (Wildman–Crippen LogP) is 0.125. The van der Waals surface area contributed by atoms with Gasteiger partial charge in [0, 0.05) is 18.7 Å². The highest BCUT2D eigenvalue weighted by atomic mass is 16.5. The van der Waals surface area contributed by atoms with Gasteiger partial charge in [-0.3, -0.25) is 14.4 Å². The smallest absolute Gasteiger partial charge is 0.314 e. The van der Waals surface area contributed by atoms with Crippen molar-refractivity contribution in [2.24, 2.45) is 0 Å². The zero-order chi connectivity index (χ0) is 14.8. The van der Waals surface area contributed by atoms with Crippen molar-refractivity contribution in [3.8, 4) is 0 Å². The van der Waals surface area contributed by atoms with Crippen LogP contribution in [0.2, 0.25) is 0 Å². The first-order valence-electron chi connectivity index (χ1n) is 6.79. The van der Waals surface area contributed by atoms with Gasteiger partial charge in [0.1, 0.15) is 0 Å². The molecule has 1 aliphatic rings. The number of carbonyl (C=O) groups excluding carboxylic acids is 1. The van der Waals surface area contributed by atoms with E-state index in [0.29, 0.717) is 23.1 Å². The number of hydrogen-bond donors (Lipinski definition) is 3. The van der Waals surface area contributed by atoms with E-state index in [0.717, 1.165) is 19.4 Å². The monoisotopic (exact) mass is 289 g/mol. The van der Waals surface area contributed by atoms with Crippen molar-refractivity contribution in [3.05, 3.63) is 44.5 Å². The summed E-state index contributed by atoms with van der Waals surface area (Å²) in [6.45, 7) is 1.21. The van der Waals surface area contributed by atoms with Crippen molar-refractivity contribution < 1.29 is 9.53 Å². The maximum atomic E-state index is 12.1. The van der Waals surface area contributed by atoms with Crippen LogP contribution in [0.25, 0.3) is 11.0 Å². The Morgan fingerprint density at radius 2 is 2.00 bits per heavy atom. The van der Waals surface area contributed by atoms with E-state index >= 15 is 0 Å². The number of carbonyl (C=O) groups is 1. The van der Waals surface area contributed by atoms with Crippen molar-refractivity contribution in [2.75, 3.05) is 13.2 Å². The molecule has 0 unspecified atom stereocenters. The van der Waals surface area contributed by atoms with Crippen LogP contribution >= 0.6 is 0 Å². The van der Waals surface area contributed by atoms with Crippen LogP contribution in [0.5, 0.6) is 0 Å². The lowest BCUT2D eigenvalue weighted by Crippen LogP contribution is -2.32. The van der Waals surface area contributed by atoms with Gasteiger partial charge in [0.05, 0.1) is 17.1 Å². The van der Waals surface area contributed by atoms with Crippen LogP contribution < -0.4 is 16.4 Å². The summed E-state index contributed by atoms with van der Waals surface area (Å²) in [6, 6.07) is 4.73. The van der Waals surface area contributed by atoms with Gasteiger partial charge in [-0.2, -0.15) is 0 Å². The lowest BCUT2D eigenvalue weighted by molar-refractivity contribution is 0.0858. The molecule has 0 bridgehead atoms. The van der Waals surface area contributed by atoms with E-state index in [9.17, 15) is 14.4 Å². The molecule has 1 aliphatic heterocycles. The first kappa shape index (κ1) is 13.6. The topological polar surface area (TPSA) is 104 Å². The van der Waals surface area contributed by atoms with Gasteiger partial charge in [0.2, 0.25) is 0 Å². The summed E-state index contributed by atoms with van der Waals surface area (Å²) in [5.74, 6) is -0.237. The number of hydrogen-bond acceptors (Lipinski definition) is 4. The third-order valence-corrected chi connectivity index (χ3v) is 3.50. The number of amides is 1. The standard InChI is InChI=1S/C14H15N3O4/c18-12(15-7-9-2-1-5-21-9)8-3-4-10-11(6-8)17-14(20)13(19)16-10/h3-4,6,9H,1-2,5,7H2,(H,15,18)(H,16,19)(H,17,20)/t9-/m0/s1. The minimum absolute atomic E-state index is 0.0746. The van der Waals surface area contributed by atoms with E-state index in [-0.39, 0.29) is 12.0 Å². The summed E-state index contributed by atoms with van der Waals surface area (Å²) in [5, 5.41) is 2.80. The first-order chi connectivity index (χ1) is 10.1. The molecule has 1 atom stereocenters. The quantitative estimate of drug-likeness (QED) is 0.698. The predicted molar refractivity (Wildman–Crippen MR) is 76.5 cm³/mol. The average Bonchev–Trinajstić information content (AvgIpc) is 2.99. The second-order valence-electron chi connectivity index (χ2n) is 5.01. The molecule has 0 aliphatic carbocycles. The van der Waals surface area contributed by atoms with Crippen molar-refractivity contribution in [3.63, 3.8) is 0 Å². The fraction of sp³-hybridized carbons (Fsp3) is 0.357. The maximum Gasteiger partial charge on any atom is 0.314 e. The Morgan fingerprint density at radius 1 is 1.24 bits per heavy atom. The highest BCUT2D eigenvalue weighted by Gasteiger charge is 2.16. The molecule has 7 heteroatoms. The normalized spacial score (nSPS) is 18.0. The van der Waals surface area contributed by atoms with Crippen LogP contribution in [0.3, 0.4) is 0 Å². The third-order valence-electron chi connectivity index (χ3n) is 3.50.